The molecule has 0 fully saturated rings. The van der Waals surface area contributed by atoms with Gasteiger partial charge in [-0.2, -0.15) is 0 Å². The third-order valence-electron chi connectivity index (χ3n) is 1.73. The van der Waals surface area contributed by atoms with Crippen LogP contribution < -0.4 is 5.32 Å². The molecule has 76 valence electrons. The molecular formula is C10H12ClNOS. The number of halogens is 1. The van der Waals surface area contributed by atoms with Gasteiger partial charge in [-0.25, -0.2) is 0 Å². The molecule has 1 atom stereocenters. The molecule has 0 spiro atoms. The molecule has 1 N–H and O–H groups in total. The second-order valence-corrected chi connectivity index (χ2v) is 4.31. The monoisotopic (exact) mass is 229 g/mol. The van der Waals surface area contributed by atoms with E-state index in [9.17, 15) is 4.79 Å². The smallest absolute Gasteiger partial charge is 0.242 e. The van der Waals surface area contributed by atoms with Crippen molar-refractivity contribution in [3.63, 3.8) is 0 Å². The summed E-state index contributed by atoms with van der Waals surface area (Å²) in [4.78, 5) is 12.4. The molecular weight excluding hydrogens is 218 g/mol. The molecule has 0 aromatic heterocycles. The first-order valence-corrected chi connectivity index (χ1v) is 5.89. The topological polar surface area (TPSA) is 29.1 Å². The highest BCUT2D eigenvalue weighted by atomic mass is 35.5. The van der Waals surface area contributed by atoms with Gasteiger partial charge in [0.05, 0.1) is 5.69 Å². The van der Waals surface area contributed by atoms with E-state index in [4.69, 9.17) is 11.6 Å². The van der Waals surface area contributed by atoms with Crippen molar-refractivity contribution in [1.29, 1.82) is 0 Å². The molecule has 1 aromatic carbocycles. The van der Waals surface area contributed by atoms with Crippen molar-refractivity contribution in [2.45, 2.75) is 17.2 Å². The summed E-state index contributed by atoms with van der Waals surface area (Å²) in [7, 11) is 0. The summed E-state index contributed by atoms with van der Waals surface area (Å²) in [5, 5.41) is 2.26. The van der Waals surface area contributed by atoms with Gasteiger partial charge in [-0.3, -0.25) is 4.79 Å². The Bertz CT molecular complexity index is 328. The van der Waals surface area contributed by atoms with Gasteiger partial charge in [0.2, 0.25) is 5.91 Å². The number of para-hydroxylation sites is 1. The maximum atomic E-state index is 11.3. The molecule has 2 nitrogen and oxygen atoms in total. The van der Waals surface area contributed by atoms with Gasteiger partial charge in [-0.05, 0) is 25.3 Å². The number of anilines is 1. The molecule has 1 aromatic rings. The molecule has 0 saturated heterocycles. The summed E-state index contributed by atoms with van der Waals surface area (Å²) < 4.78 is 0. The van der Waals surface area contributed by atoms with Gasteiger partial charge < -0.3 is 5.32 Å². The zero-order valence-corrected chi connectivity index (χ0v) is 9.65. The molecule has 4 heteroatoms. The lowest BCUT2D eigenvalue weighted by molar-refractivity contribution is -0.115. The van der Waals surface area contributed by atoms with Gasteiger partial charge in [-0.1, -0.05) is 12.1 Å². The van der Waals surface area contributed by atoms with Crippen molar-refractivity contribution in [2.75, 3.05) is 11.6 Å². The van der Waals surface area contributed by atoms with Crippen LogP contribution in [0.3, 0.4) is 0 Å². The zero-order valence-electron chi connectivity index (χ0n) is 8.08. The van der Waals surface area contributed by atoms with Gasteiger partial charge in [0, 0.05) is 4.90 Å². The van der Waals surface area contributed by atoms with Crippen LogP contribution in [0.15, 0.2) is 29.2 Å². The molecule has 0 aliphatic heterocycles. The Morgan fingerprint density at radius 1 is 1.50 bits per heavy atom. The van der Waals surface area contributed by atoms with Crippen LogP contribution in [0.5, 0.6) is 0 Å². The number of benzene rings is 1. The normalized spacial score (nSPS) is 12.2. The lowest BCUT2D eigenvalue weighted by Gasteiger charge is -2.09. The lowest BCUT2D eigenvalue weighted by atomic mass is 10.3. The Kier molecular flexibility index (Phi) is 4.29. The number of hydrogen-bond donors (Lipinski definition) is 1. The molecule has 0 aliphatic rings. The Morgan fingerprint density at radius 2 is 2.14 bits per heavy atom. The zero-order chi connectivity index (χ0) is 10.6. The number of thioether (sulfide) groups is 1. The van der Waals surface area contributed by atoms with E-state index in [1.807, 2.05) is 30.5 Å². The van der Waals surface area contributed by atoms with Crippen LogP contribution in [0.1, 0.15) is 6.92 Å². The van der Waals surface area contributed by atoms with Crippen LogP contribution in [0.4, 0.5) is 5.69 Å². The SMILES string of the molecule is CSc1ccccc1NC(=O)[C@H](C)Cl. The van der Waals surface area contributed by atoms with E-state index in [0.717, 1.165) is 10.6 Å². The fraction of sp³-hybridized carbons (Fsp3) is 0.300. The largest absolute Gasteiger partial charge is 0.324 e. The summed E-state index contributed by atoms with van der Waals surface area (Å²) in [6.45, 7) is 1.65. The second-order valence-electron chi connectivity index (χ2n) is 2.81. The number of rotatable bonds is 3. The van der Waals surface area contributed by atoms with Crippen molar-refractivity contribution in [1.82, 2.24) is 0 Å². The molecule has 0 radical (unpaired) electrons. The van der Waals surface area contributed by atoms with Gasteiger partial charge >= 0.3 is 0 Å². The lowest BCUT2D eigenvalue weighted by Crippen LogP contribution is -2.20. The fourth-order valence-electron chi connectivity index (χ4n) is 0.980. The van der Waals surface area contributed by atoms with E-state index in [1.165, 1.54) is 0 Å². The Morgan fingerprint density at radius 3 is 2.71 bits per heavy atom. The minimum absolute atomic E-state index is 0.173. The van der Waals surface area contributed by atoms with E-state index in [-0.39, 0.29) is 5.91 Å². The molecule has 14 heavy (non-hydrogen) atoms. The van der Waals surface area contributed by atoms with E-state index in [1.54, 1.807) is 18.7 Å². The molecule has 0 bridgehead atoms. The number of hydrogen-bond acceptors (Lipinski definition) is 2. The van der Waals surface area contributed by atoms with Crippen LogP contribution in [0.2, 0.25) is 0 Å². The third-order valence-corrected chi connectivity index (χ3v) is 2.72. The fourth-order valence-corrected chi connectivity index (χ4v) is 1.59. The van der Waals surface area contributed by atoms with Gasteiger partial charge in [-0.15, -0.1) is 23.4 Å². The van der Waals surface area contributed by atoms with Gasteiger partial charge in [0.25, 0.3) is 0 Å². The van der Waals surface area contributed by atoms with Crippen molar-refractivity contribution < 1.29 is 4.79 Å². The molecule has 0 aliphatic carbocycles. The van der Waals surface area contributed by atoms with Crippen molar-refractivity contribution in [3.8, 4) is 0 Å². The standard InChI is InChI=1S/C10H12ClNOS/c1-7(11)10(13)12-8-5-3-4-6-9(8)14-2/h3-7H,1-2H3,(H,12,13)/t7-/m0/s1. The van der Waals surface area contributed by atoms with Crippen LogP contribution in [0.25, 0.3) is 0 Å². The van der Waals surface area contributed by atoms with Crippen LogP contribution in [-0.4, -0.2) is 17.5 Å². The van der Waals surface area contributed by atoms with Gasteiger partial charge in [0.1, 0.15) is 5.38 Å². The van der Waals surface area contributed by atoms with E-state index in [0.29, 0.717) is 0 Å². The highest BCUT2D eigenvalue weighted by Gasteiger charge is 2.10. The minimum atomic E-state index is -0.509. The first-order valence-electron chi connectivity index (χ1n) is 4.23. The summed E-state index contributed by atoms with van der Waals surface area (Å²) in [6.07, 6.45) is 1.97. The average Bonchev–Trinajstić information content (AvgIpc) is 2.18. The number of amides is 1. The molecule has 0 saturated carbocycles. The first kappa shape index (κ1) is 11.4. The summed E-state index contributed by atoms with van der Waals surface area (Å²) in [5.41, 5.74) is 0.817. The van der Waals surface area contributed by atoms with Crippen LogP contribution in [0, 0.1) is 0 Å². The number of carbonyl (C=O) groups is 1. The number of alkyl halides is 1. The molecule has 1 amide bonds. The summed E-state index contributed by atoms with van der Waals surface area (Å²) in [6, 6.07) is 7.64. The molecule has 1 rings (SSSR count). The van der Waals surface area contributed by atoms with Crippen molar-refractivity contribution >= 4 is 35.0 Å². The number of carbonyl (C=O) groups excluding carboxylic acids is 1. The number of nitrogens with one attached hydrogen (secondary N) is 1. The Hall–Kier alpha value is -0.670. The third kappa shape index (κ3) is 2.93. The second kappa shape index (κ2) is 5.27. The van der Waals surface area contributed by atoms with E-state index in [2.05, 4.69) is 5.32 Å². The average molecular weight is 230 g/mol. The van der Waals surface area contributed by atoms with Crippen molar-refractivity contribution in [2.24, 2.45) is 0 Å². The van der Waals surface area contributed by atoms with Crippen LogP contribution in [-0.2, 0) is 4.79 Å². The predicted molar refractivity (Wildman–Crippen MR) is 62.2 cm³/mol. The molecule has 0 heterocycles. The highest BCUT2D eigenvalue weighted by Crippen LogP contribution is 2.24. The van der Waals surface area contributed by atoms with Gasteiger partial charge in [0.15, 0.2) is 0 Å². The van der Waals surface area contributed by atoms with Crippen molar-refractivity contribution in [3.05, 3.63) is 24.3 Å². The Balaban J connectivity index is 2.80. The van der Waals surface area contributed by atoms with E-state index >= 15 is 0 Å². The van der Waals surface area contributed by atoms with Crippen LogP contribution >= 0.6 is 23.4 Å². The highest BCUT2D eigenvalue weighted by molar-refractivity contribution is 7.98. The quantitative estimate of drug-likeness (QED) is 0.638. The predicted octanol–water partition coefficient (Wildman–Crippen LogP) is 2.97. The Labute approximate surface area is 93.0 Å². The summed E-state index contributed by atoms with van der Waals surface area (Å²) in [5.74, 6) is -0.173. The van der Waals surface area contributed by atoms with E-state index < -0.39 is 5.38 Å². The summed E-state index contributed by atoms with van der Waals surface area (Å²) >= 11 is 7.25. The maximum absolute atomic E-state index is 11.3. The maximum Gasteiger partial charge on any atom is 0.242 e. The first-order chi connectivity index (χ1) is 6.65. The molecule has 0 unspecified atom stereocenters. The minimum Gasteiger partial charge on any atom is -0.324 e.